The van der Waals surface area contributed by atoms with Crippen molar-refractivity contribution < 1.29 is 4.79 Å². The molecule has 0 radical (unpaired) electrons. The number of fused-ring (bicyclic) bond motifs is 1. The molecule has 1 amide bonds. The lowest BCUT2D eigenvalue weighted by atomic mass is 9.91. The minimum Gasteiger partial charge on any atom is -0.378 e. The third kappa shape index (κ3) is 5.15. The molecule has 2 aromatic rings. The molecule has 0 spiro atoms. The molecule has 0 aliphatic carbocycles. The molecule has 1 aliphatic rings. The molecular weight excluding hydrogens is 344 g/mol. The number of carbonyl (C=O) groups excluding carboxylic acids is 1. The largest absolute Gasteiger partial charge is 0.378 e. The normalized spacial score (nSPS) is 18.6. The molecule has 3 nitrogen and oxygen atoms in total. The summed E-state index contributed by atoms with van der Waals surface area (Å²) in [6.07, 6.45) is 8.85. The molecule has 2 atom stereocenters. The highest BCUT2D eigenvalue weighted by atomic mass is 16.2. The lowest BCUT2D eigenvalue weighted by Gasteiger charge is -2.40. The Hall–Kier alpha value is -2.29. The van der Waals surface area contributed by atoms with E-state index in [9.17, 15) is 4.79 Å². The number of hydrogen-bond acceptors (Lipinski definition) is 2. The van der Waals surface area contributed by atoms with Crippen LogP contribution >= 0.6 is 0 Å². The van der Waals surface area contributed by atoms with Gasteiger partial charge >= 0.3 is 0 Å². The van der Waals surface area contributed by atoms with Crippen LogP contribution in [0.4, 0.5) is 11.4 Å². The van der Waals surface area contributed by atoms with Crippen molar-refractivity contribution in [2.45, 2.75) is 77.3 Å². The average molecular weight is 379 g/mol. The number of rotatable bonds is 9. The summed E-state index contributed by atoms with van der Waals surface area (Å²) in [6.45, 7) is 4.41. The van der Waals surface area contributed by atoms with Gasteiger partial charge in [0, 0.05) is 23.8 Å². The van der Waals surface area contributed by atoms with Crippen LogP contribution in [-0.4, -0.2) is 11.9 Å². The van der Waals surface area contributed by atoms with Crippen LogP contribution in [0.2, 0.25) is 0 Å². The highest BCUT2D eigenvalue weighted by Gasteiger charge is 2.33. The maximum absolute atomic E-state index is 13.0. The number of carbonyl (C=O) groups is 1. The molecule has 1 heterocycles. The lowest BCUT2D eigenvalue weighted by molar-refractivity contribution is -0.119. The monoisotopic (exact) mass is 378 g/mol. The number of amides is 1. The fourth-order valence-corrected chi connectivity index (χ4v) is 4.24. The van der Waals surface area contributed by atoms with E-state index in [1.807, 2.05) is 17.0 Å². The van der Waals surface area contributed by atoms with Crippen LogP contribution in [0.15, 0.2) is 54.6 Å². The summed E-state index contributed by atoms with van der Waals surface area (Å²) in [5, 5.41) is 3.66. The fourth-order valence-electron chi connectivity index (χ4n) is 4.24. The Labute approximate surface area is 170 Å². The second-order valence-electron chi connectivity index (χ2n) is 7.99. The van der Waals surface area contributed by atoms with E-state index in [-0.39, 0.29) is 18.0 Å². The SMILES string of the molecule is CCCCCCCCC(=O)N1c2ccccc2[C@@H](Nc2ccccc2)C[C@H]1C. The minimum absolute atomic E-state index is 0.198. The van der Waals surface area contributed by atoms with Crippen LogP contribution in [0.3, 0.4) is 0 Å². The molecule has 2 aromatic carbocycles. The van der Waals surface area contributed by atoms with Gasteiger partial charge in [-0.2, -0.15) is 0 Å². The summed E-state index contributed by atoms with van der Waals surface area (Å²) < 4.78 is 0. The Kier molecular flexibility index (Phi) is 7.53. The Morgan fingerprint density at radius 1 is 0.964 bits per heavy atom. The van der Waals surface area contributed by atoms with Gasteiger partial charge in [0.15, 0.2) is 0 Å². The third-order valence-corrected chi connectivity index (χ3v) is 5.72. The summed E-state index contributed by atoms with van der Waals surface area (Å²) in [4.78, 5) is 15.1. The molecule has 0 fully saturated rings. The number of hydrogen-bond donors (Lipinski definition) is 1. The summed E-state index contributed by atoms with van der Waals surface area (Å²) in [5.74, 6) is 0.272. The second-order valence-corrected chi connectivity index (χ2v) is 7.99. The predicted molar refractivity (Wildman–Crippen MR) is 119 cm³/mol. The van der Waals surface area contributed by atoms with Crippen LogP contribution in [-0.2, 0) is 4.79 Å². The highest BCUT2D eigenvalue weighted by molar-refractivity contribution is 5.95. The molecule has 150 valence electrons. The van der Waals surface area contributed by atoms with Gasteiger partial charge in [-0.15, -0.1) is 0 Å². The van der Waals surface area contributed by atoms with Gasteiger partial charge in [0.2, 0.25) is 5.91 Å². The molecule has 1 aliphatic heterocycles. The van der Waals surface area contributed by atoms with Gasteiger partial charge in [0.1, 0.15) is 0 Å². The van der Waals surface area contributed by atoms with Crippen molar-refractivity contribution in [2.24, 2.45) is 0 Å². The van der Waals surface area contributed by atoms with E-state index in [4.69, 9.17) is 0 Å². The first kappa shape index (κ1) is 20.4. The Morgan fingerprint density at radius 2 is 1.64 bits per heavy atom. The van der Waals surface area contributed by atoms with Crippen molar-refractivity contribution in [2.75, 3.05) is 10.2 Å². The fraction of sp³-hybridized carbons (Fsp3) is 0.480. The number of para-hydroxylation sites is 2. The van der Waals surface area contributed by atoms with Crippen molar-refractivity contribution in [3.8, 4) is 0 Å². The van der Waals surface area contributed by atoms with Crippen molar-refractivity contribution in [1.82, 2.24) is 0 Å². The van der Waals surface area contributed by atoms with Gasteiger partial charge in [-0.25, -0.2) is 0 Å². The molecule has 1 N–H and O–H groups in total. The third-order valence-electron chi connectivity index (χ3n) is 5.72. The van der Waals surface area contributed by atoms with E-state index in [1.54, 1.807) is 0 Å². The van der Waals surface area contributed by atoms with E-state index in [1.165, 1.54) is 31.2 Å². The molecule has 0 bridgehead atoms. The maximum Gasteiger partial charge on any atom is 0.227 e. The number of unbranched alkanes of at least 4 members (excludes halogenated alkanes) is 5. The molecule has 0 saturated heterocycles. The average Bonchev–Trinajstić information content (AvgIpc) is 2.71. The first-order valence-electron chi connectivity index (χ1n) is 10.9. The van der Waals surface area contributed by atoms with Crippen LogP contribution < -0.4 is 10.2 Å². The quantitative estimate of drug-likeness (QED) is 0.491. The topological polar surface area (TPSA) is 32.3 Å². The standard InChI is InChI=1S/C25H34N2O/c1-3-4-5-6-7-11-18-25(28)27-20(2)19-23(22-16-12-13-17-24(22)27)26-21-14-9-8-10-15-21/h8-10,12-17,20,23,26H,3-7,11,18-19H2,1-2H3/t20-,23+/m1/s1. The minimum atomic E-state index is 0.198. The highest BCUT2D eigenvalue weighted by Crippen LogP contribution is 2.39. The van der Waals surface area contributed by atoms with Gasteiger partial charge in [0.25, 0.3) is 0 Å². The molecule has 3 heteroatoms. The smallest absolute Gasteiger partial charge is 0.227 e. The zero-order valence-corrected chi connectivity index (χ0v) is 17.4. The summed E-state index contributed by atoms with van der Waals surface area (Å²) in [6, 6.07) is 19.1. The van der Waals surface area contributed by atoms with Crippen molar-refractivity contribution >= 4 is 17.3 Å². The molecule has 28 heavy (non-hydrogen) atoms. The van der Waals surface area contributed by atoms with E-state index < -0.39 is 0 Å². The van der Waals surface area contributed by atoms with Gasteiger partial charge in [0.05, 0.1) is 6.04 Å². The van der Waals surface area contributed by atoms with Crippen molar-refractivity contribution in [1.29, 1.82) is 0 Å². The maximum atomic E-state index is 13.0. The lowest BCUT2D eigenvalue weighted by Crippen LogP contribution is -2.44. The molecule has 0 unspecified atom stereocenters. The number of nitrogens with zero attached hydrogens (tertiary/aromatic N) is 1. The molecule has 3 rings (SSSR count). The summed E-state index contributed by atoms with van der Waals surface area (Å²) in [5.41, 5.74) is 3.42. The van der Waals surface area contributed by atoms with Crippen LogP contribution in [0.25, 0.3) is 0 Å². The molecule has 0 saturated carbocycles. The van der Waals surface area contributed by atoms with Gasteiger partial charge in [-0.05, 0) is 43.5 Å². The van der Waals surface area contributed by atoms with E-state index in [0.29, 0.717) is 6.42 Å². The number of benzene rings is 2. The van der Waals surface area contributed by atoms with E-state index in [0.717, 1.165) is 30.6 Å². The summed E-state index contributed by atoms with van der Waals surface area (Å²) in [7, 11) is 0. The van der Waals surface area contributed by atoms with Gasteiger partial charge in [-0.3, -0.25) is 4.79 Å². The Morgan fingerprint density at radius 3 is 2.43 bits per heavy atom. The Balaban J connectivity index is 1.67. The van der Waals surface area contributed by atoms with Crippen molar-refractivity contribution in [3.05, 3.63) is 60.2 Å². The van der Waals surface area contributed by atoms with Crippen molar-refractivity contribution in [3.63, 3.8) is 0 Å². The zero-order valence-electron chi connectivity index (χ0n) is 17.4. The number of anilines is 2. The van der Waals surface area contributed by atoms with Crippen LogP contribution in [0, 0.1) is 0 Å². The first-order chi connectivity index (χ1) is 13.7. The zero-order chi connectivity index (χ0) is 19.8. The first-order valence-corrected chi connectivity index (χ1v) is 10.9. The molecule has 0 aromatic heterocycles. The number of nitrogens with one attached hydrogen (secondary N) is 1. The predicted octanol–water partition coefficient (Wildman–Crippen LogP) is 6.72. The van der Waals surface area contributed by atoms with E-state index >= 15 is 0 Å². The molecular formula is C25H34N2O. The second kappa shape index (κ2) is 10.3. The Bertz CT molecular complexity index is 743. The van der Waals surface area contributed by atoms with Crippen LogP contribution in [0.5, 0.6) is 0 Å². The summed E-state index contributed by atoms with van der Waals surface area (Å²) >= 11 is 0. The van der Waals surface area contributed by atoms with Gasteiger partial charge < -0.3 is 10.2 Å². The van der Waals surface area contributed by atoms with Gasteiger partial charge in [-0.1, -0.05) is 75.4 Å². The van der Waals surface area contributed by atoms with Crippen LogP contribution in [0.1, 0.15) is 76.8 Å². The van der Waals surface area contributed by atoms with E-state index in [2.05, 4.69) is 61.6 Å².